The second-order valence-electron chi connectivity index (χ2n) is 6.82. The van der Waals surface area contributed by atoms with Crippen LogP contribution >= 0.6 is 0 Å². The van der Waals surface area contributed by atoms with Gasteiger partial charge in [-0.3, -0.25) is 14.5 Å². The van der Waals surface area contributed by atoms with E-state index in [2.05, 4.69) is 26.1 Å². The van der Waals surface area contributed by atoms with Crippen LogP contribution in [0.25, 0.3) is 0 Å². The fourth-order valence-electron chi connectivity index (χ4n) is 3.25. The number of nitrogens with one attached hydrogen (secondary N) is 3. The van der Waals surface area contributed by atoms with Crippen molar-refractivity contribution in [3.05, 3.63) is 48.7 Å². The number of carbonyl (C=O) groups is 2. The minimum atomic E-state index is -0.0882. The van der Waals surface area contributed by atoms with Gasteiger partial charge in [0.1, 0.15) is 5.82 Å². The average Bonchev–Trinajstić information content (AvgIpc) is 2.72. The molecule has 0 spiro atoms. The van der Waals surface area contributed by atoms with Crippen molar-refractivity contribution < 1.29 is 9.59 Å². The molecule has 1 fully saturated rings. The molecular formula is C20H26N6O2. The lowest BCUT2D eigenvalue weighted by Gasteiger charge is -2.31. The molecule has 8 heteroatoms. The molecule has 1 saturated heterocycles. The van der Waals surface area contributed by atoms with Crippen molar-refractivity contribution in [3.63, 3.8) is 0 Å². The van der Waals surface area contributed by atoms with Crippen molar-refractivity contribution in [1.29, 1.82) is 0 Å². The third-order valence-electron chi connectivity index (χ3n) is 4.60. The molecule has 1 aliphatic rings. The number of nitrogens with zero attached hydrogens (tertiary/aromatic N) is 3. The smallest absolute Gasteiger partial charge is 0.238 e. The summed E-state index contributed by atoms with van der Waals surface area (Å²) in [6, 6.07) is 13.0. The van der Waals surface area contributed by atoms with Gasteiger partial charge in [-0.1, -0.05) is 18.2 Å². The van der Waals surface area contributed by atoms with Crippen molar-refractivity contribution in [3.8, 4) is 0 Å². The molecule has 1 aromatic heterocycles. The number of likely N-dealkylation sites (tertiary alicyclic amines) is 1. The Balaban J connectivity index is 1.37. The fraction of sp³-hybridized carbons (Fsp3) is 0.400. The molecule has 8 nitrogen and oxygen atoms in total. The van der Waals surface area contributed by atoms with Crippen LogP contribution < -0.4 is 16.0 Å². The zero-order chi connectivity index (χ0) is 19.6. The fourth-order valence-corrected chi connectivity index (χ4v) is 3.25. The molecule has 1 atom stereocenters. The van der Waals surface area contributed by atoms with Gasteiger partial charge in [0.25, 0.3) is 0 Å². The molecule has 2 aromatic rings. The van der Waals surface area contributed by atoms with Crippen LogP contribution in [-0.2, 0) is 9.59 Å². The summed E-state index contributed by atoms with van der Waals surface area (Å²) in [4.78, 5) is 26.7. The highest BCUT2D eigenvalue weighted by Crippen LogP contribution is 2.16. The van der Waals surface area contributed by atoms with Crippen LogP contribution in [-0.4, -0.2) is 59.6 Å². The van der Waals surface area contributed by atoms with Gasteiger partial charge in [-0.05, 0) is 43.7 Å². The highest BCUT2D eigenvalue weighted by Gasteiger charge is 2.26. The largest absolute Gasteiger partial charge is 0.367 e. The van der Waals surface area contributed by atoms with E-state index < -0.39 is 0 Å². The van der Waals surface area contributed by atoms with E-state index in [-0.39, 0.29) is 17.7 Å². The number of piperidine rings is 1. The quantitative estimate of drug-likeness (QED) is 0.596. The summed E-state index contributed by atoms with van der Waals surface area (Å²) in [6.45, 7) is 2.83. The Morgan fingerprint density at radius 1 is 1.11 bits per heavy atom. The summed E-state index contributed by atoms with van der Waals surface area (Å²) in [5.74, 6) is 0.578. The number of amides is 2. The number of benzene rings is 1. The number of anilines is 2. The third-order valence-corrected chi connectivity index (χ3v) is 4.60. The molecule has 1 aromatic carbocycles. The summed E-state index contributed by atoms with van der Waals surface area (Å²) >= 11 is 0. The lowest BCUT2D eigenvalue weighted by atomic mass is 9.97. The van der Waals surface area contributed by atoms with E-state index in [0.29, 0.717) is 32.0 Å². The van der Waals surface area contributed by atoms with Gasteiger partial charge in [0.2, 0.25) is 11.8 Å². The predicted molar refractivity (Wildman–Crippen MR) is 108 cm³/mol. The summed E-state index contributed by atoms with van der Waals surface area (Å²) in [6.07, 6.45) is 3.37. The summed E-state index contributed by atoms with van der Waals surface area (Å²) in [5.41, 5.74) is 0.786. The first kappa shape index (κ1) is 19.8. The molecule has 148 valence electrons. The second kappa shape index (κ2) is 10.4. The Hall–Kier alpha value is -3.00. The molecule has 2 amide bonds. The van der Waals surface area contributed by atoms with Crippen molar-refractivity contribution >= 4 is 23.3 Å². The van der Waals surface area contributed by atoms with Gasteiger partial charge >= 0.3 is 0 Å². The van der Waals surface area contributed by atoms with Crippen LogP contribution in [0.2, 0.25) is 0 Å². The van der Waals surface area contributed by atoms with E-state index in [1.165, 1.54) is 0 Å². The second-order valence-corrected chi connectivity index (χ2v) is 6.82. The minimum absolute atomic E-state index is 0.0362. The highest BCUT2D eigenvalue weighted by molar-refractivity contribution is 5.92. The van der Waals surface area contributed by atoms with Crippen molar-refractivity contribution in [2.24, 2.45) is 5.92 Å². The van der Waals surface area contributed by atoms with E-state index in [9.17, 15) is 9.59 Å². The average molecular weight is 382 g/mol. The summed E-state index contributed by atoms with van der Waals surface area (Å²) < 4.78 is 0. The molecule has 0 radical (unpaired) electrons. The van der Waals surface area contributed by atoms with Gasteiger partial charge in [-0.2, -0.15) is 5.10 Å². The highest BCUT2D eigenvalue weighted by atomic mass is 16.2. The van der Waals surface area contributed by atoms with Crippen molar-refractivity contribution in [2.45, 2.75) is 12.8 Å². The van der Waals surface area contributed by atoms with Crippen LogP contribution in [0, 0.1) is 5.92 Å². The van der Waals surface area contributed by atoms with Crippen LogP contribution in [0.4, 0.5) is 11.5 Å². The first-order chi connectivity index (χ1) is 13.7. The third kappa shape index (κ3) is 6.31. The van der Waals surface area contributed by atoms with Crippen LogP contribution in [0.5, 0.6) is 0 Å². The molecule has 3 rings (SSSR count). The SMILES string of the molecule is O=C(CN1CCCC(C(=O)NCCNc2cccnn2)C1)Nc1ccccc1. The molecular weight excluding hydrogens is 356 g/mol. The maximum atomic E-state index is 12.4. The number of hydrogen-bond acceptors (Lipinski definition) is 6. The van der Waals surface area contributed by atoms with Gasteiger partial charge in [0.15, 0.2) is 0 Å². The zero-order valence-corrected chi connectivity index (χ0v) is 15.8. The Morgan fingerprint density at radius 3 is 2.75 bits per heavy atom. The first-order valence-corrected chi connectivity index (χ1v) is 9.57. The van der Waals surface area contributed by atoms with E-state index in [1.54, 1.807) is 12.3 Å². The molecule has 0 saturated carbocycles. The maximum absolute atomic E-state index is 12.4. The molecule has 0 bridgehead atoms. The standard InChI is InChI=1S/C20H26N6O2/c27-19(24-17-7-2-1-3-8-17)15-26-13-5-6-16(14-26)20(28)22-12-11-21-18-9-4-10-23-25-18/h1-4,7-10,16H,5-6,11-15H2,(H,21,25)(H,22,28)(H,24,27). The van der Waals surface area contributed by atoms with E-state index in [0.717, 1.165) is 25.1 Å². The normalized spacial score (nSPS) is 16.9. The molecule has 2 heterocycles. The van der Waals surface area contributed by atoms with E-state index in [4.69, 9.17) is 0 Å². The van der Waals surface area contributed by atoms with Gasteiger partial charge < -0.3 is 16.0 Å². The van der Waals surface area contributed by atoms with Crippen LogP contribution in [0.1, 0.15) is 12.8 Å². The zero-order valence-electron chi connectivity index (χ0n) is 15.8. The maximum Gasteiger partial charge on any atom is 0.238 e. The Kier molecular flexibility index (Phi) is 7.31. The number of aromatic nitrogens is 2. The number of para-hydroxylation sites is 1. The van der Waals surface area contributed by atoms with Gasteiger partial charge in [0, 0.05) is 31.5 Å². The van der Waals surface area contributed by atoms with Gasteiger partial charge in [-0.25, -0.2) is 0 Å². The van der Waals surface area contributed by atoms with Crippen molar-refractivity contribution in [2.75, 3.05) is 43.4 Å². The molecule has 3 N–H and O–H groups in total. The Bertz CT molecular complexity index is 756. The first-order valence-electron chi connectivity index (χ1n) is 9.57. The minimum Gasteiger partial charge on any atom is -0.367 e. The summed E-state index contributed by atoms with van der Waals surface area (Å²) in [7, 11) is 0. The number of carbonyl (C=O) groups excluding carboxylic acids is 2. The number of hydrogen-bond donors (Lipinski definition) is 3. The Morgan fingerprint density at radius 2 is 1.96 bits per heavy atom. The van der Waals surface area contributed by atoms with E-state index >= 15 is 0 Å². The molecule has 0 aliphatic carbocycles. The molecule has 1 unspecified atom stereocenters. The molecule has 1 aliphatic heterocycles. The van der Waals surface area contributed by atoms with Gasteiger partial charge in [0.05, 0.1) is 12.5 Å². The van der Waals surface area contributed by atoms with Crippen LogP contribution in [0.15, 0.2) is 48.7 Å². The van der Waals surface area contributed by atoms with Crippen molar-refractivity contribution in [1.82, 2.24) is 20.4 Å². The monoisotopic (exact) mass is 382 g/mol. The van der Waals surface area contributed by atoms with Gasteiger partial charge in [-0.15, -0.1) is 5.10 Å². The Labute approximate surface area is 164 Å². The number of rotatable bonds is 8. The molecule has 28 heavy (non-hydrogen) atoms. The summed E-state index contributed by atoms with van der Waals surface area (Å²) in [5, 5.41) is 16.7. The lowest BCUT2D eigenvalue weighted by Crippen LogP contribution is -2.46. The van der Waals surface area contributed by atoms with E-state index in [1.807, 2.05) is 41.3 Å². The topological polar surface area (TPSA) is 99.3 Å². The predicted octanol–water partition coefficient (Wildman–Crippen LogP) is 1.36. The lowest BCUT2D eigenvalue weighted by molar-refractivity contribution is -0.127. The van der Waals surface area contributed by atoms with Crippen LogP contribution in [0.3, 0.4) is 0 Å².